The van der Waals surface area contributed by atoms with Gasteiger partial charge in [0.25, 0.3) is 5.56 Å². The van der Waals surface area contributed by atoms with E-state index >= 15 is 0 Å². The number of imidazole rings is 1. The smallest absolute Gasteiger partial charge is 0.337 e. The van der Waals surface area contributed by atoms with Gasteiger partial charge >= 0.3 is 5.69 Å². The zero-order valence-electron chi connectivity index (χ0n) is 15.4. The number of hydrogen-bond acceptors (Lipinski definition) is 4. The Morgan fingerprint density at radius 2 is 1.82 bits per heavy atom. The van der Waals surface area contributed by atoms with Crippen LogP contribution in [0, 0.1) is 6.92 Å². The minimum Gasteiger partial charge on any atom is -0.339 e. The molecule has 8 heteroatoms. The first-order valence-corrected chi connectivity index (χ1v) is 10.2. The maximum absolute atomic E-state index is 13.3. The van der Waals surface area contributed by atoms with Gasteiger partial charge in [-0.3, -0.25) is 13.6 Å². The first-order chi connectivity index (χ1) is 13.5. The van der Waals surface area contributed by atoms with Crippen molar-refractivity contribution in [3.8, 4) is 5.69 Å². The number of aromatic amines is 1. The van der Waals surface area contributed by atoms with Crippen LogP contribution in [0.3, 0.4) is 0 Å². The van der Waals surface area contributed by atoms with Gasteiger partial charge in [0.2, 0.25) is 0 Å². The van der Waals surface area contributed by atoms with Crippen LogP contribution in [0.25, 0.3) is 16.9 Å². The Morgan fingerprint density at radius 1 is 1.07 bits per heavy atom. The number of fused-ring (bicyclic) bond motifs is 1. The van der Waals surface area contributed by atoms with Crippen molar-refractivity contribution in [1.82, 2.24) is 19.1 Å². The highest BCUT2D eigenvalue weighted by atomic mass is 32.2. The van der Waals surface area contributed by atoms with Crippen LogP contribution in [0.4, 0.5) is 0 Å². The number of nitrogens with zero attached hydrogens (tertiary/aromatic N) is 3. The van der Waals surface area contributed by atoms with Crippen LogP contribution in [-0.4, -0.2) is 29.6 Å². The van der Waals surface area contributed by atoms with E-state index in [2.05, 4.69) is 9.97 Å². The van der Waals surface area contributed by atoms with Crippen molar-refractivity contribution >= 4 is 22.0 Å². The minimum atomic E-state index is -1.21. The van der Waals surface area contributed by atoms with E-state index in [-0.39, 0.29) is 17.7 Å². The van der Waals surface area contributed by atoms with E-state index in [9.17, 15) is 13.8 Å². The molecule has 0 fully saturated rings. The molecule has 28 heavy (non-hydrogen) atoms. The quantitative estimate of drug-likeness (QED) is 0.573. The first kappa shape index (κ1) is 18.1. The second-order valence-electron chi connectivity index (χ2n) is 6.45. The third-order valence-electron chi connectivity index (χ3n) is 4.70. The maximum atomic E-state index is 13.3. The highest BCUT2D eigenvalue weighted by Gasteiger charge is 2.19. The molecule has 0 spiro atoms. The summed E-state index contributed by atoms with van der Waals surface area (Å²) < 4.78 is 14.6. The van der Waals surface area contributed by atoms with Gasteiger partial charge in [-0.2, -0.15) is 0 Å². The number of benzene rings is 2. The molecule has 0 saturated heterocycles. The normalized spacial score (nSPS) is 12.4. The van der Waals surface area contributed by atoms with E-state index in [0.717, 1.165) is 5.56 Å². The highest BCUT2D eigenvalue weighted by Crippen LogP contribution is 2.21. The van der Waals surface area contributed by atoms with Gasteiger partial charge in [0.15, 0.2) is 5.65 Å². The van der Waals surface area contributed by atoms with Crippen molar-refractivity contribution < 1.29 is 4.21 Å². The average molecular weight is 394 g/mol. The summed E-state index contributed by atoms with van der Waals surface area (Å²) in [5.41, 5.74) is 1.68. The van der Waals surface area contributed by atoms with Crippen molar-refractivity contribution in [3.05, 3.63) is 86.8 Å². The van der Waals surface area contributed by atoms with E-state index < -0.39 is 22.0 Å². The van der Waals surface area contributed by atoms with Crippen LogP contribution in [0.1, 0.15) is 11.1 Å². The molecule has 1 atom stereocenters. The molecular formula is C20H18N4O3S. The Bertz CT molecular complexity index is 1320. The lowest BCUT2D eigenvalue weighted by Crippen LogP contribution is -2.40. The second-order valence-corrected chi connectivity index (χ2v) is 7.80. The van der Waals surface area contributed by atoms with Crippen LogP contribution in [0.15, 0.2) is 69.3 Å². The predicted molar refractivity (Wildman–Crippen MR) is 109 cm³/mol. The van der Waals surface area contributed by atoms with Crippen molar-refractivity contribution in [1.29, 1.82) is 0 Å². The molecule has 0 aliphatic heterocycles. The summed E-state index contributed by atoms with van der Waals surface area (Å²) in [4.78, 5) is 33.9. The van der Waals surface area contributed by atoms with Crippen molar-refractivity contribution in [2.75, 3.05) is 6.26 Å². The molecule has 0 saturated carbocycles. The van der Waals surface area contributed by atoms with Crippen molar-refractivity contribution in [2.45, 2.75) is 18.4 Å². The molecule has 1 N–H and O–H groups in total. The van der Waals surface area contributed by atoms with Gasteiger partial charge in [-0.15, -0.1) is 0 Å². The van der Waals surface area contributed by atoms with Crippen LogP contribution in [0.2, 0.25) is 0 Å². The predicted octanol–water partition coefficient (Wildman–Crippen LogP) is 1.97. The minimum absolute atomic E-state index is 0.145. The fourth-order valence-corrected chi connectivity index (χ4v) is 4.13. The standard InChI is InChI=1S/C20H18N4O3S/c1-13-15(9-6-10-16(13)28(2)27)24-18-17(21-12-22-18)19(25)23(20(24)26)11-14-7-4-3-5-8-14/h3-10,12H,11H2,1-2H3,(H,21,22)/t28-/m0/s1. The molecule has 0 aliphatic carbocycles. The molecule has 7 nitrogen and oxygen atoms in total. The molecule has 0 aliphatic rings. The topological polar surface area (TPSA) is 89.8 Å². The Kier molecular flexibility index (Phi) is 4.56. The summed E-state index contributed by atoms with van der Waals surface area (Å²) in [7, 11) is -1.21. The van der Waals surface area contributed by atoms with Gasteiger partial charge in [0.1, 0.15) is 5.52 Å². The Balaban J connectivity index is 2.04. The number of rotatable bonds is 4. The summed E-state index contributed by atoms with van der Waals surface area (Å²) in [6, 6.07) is 14.6. The van der Waals surface area contributed by atoms with Gasteiger partial charge < -0.3 is 4.98 Å². The SMILES string of the molecule is Cc1c(-n2c(=O)n(Cc3ccccc3)c(=O)c3[nH]cnc32)cccc1[S@](C)=O. The van der Waals surface area contributed by atoms with Crippen LogP contribution in [-0.2, 0) is 17.3 Å². The van der Waals surface area contributed by atoms with E-state index in [4.69, 9.17) is 0 Å². The zero-order valence-corrected chi connectivity index (χ0v) is 16.2. The highest BCUT2D eigenvalue weighted by molar-refractivity contribution is 7.84. The molecule has 2 aromatic heterocycles. The lowest BCUT2D eigenvalue weighted by Gasteiger charge is -2.15. The summed E-state index contributed by atoms with van der Waals surface area (Å²) >= 11 is 0. The van der Waals surface area contributed by atoms with Crippen molar-refractivity contribution in [2.24, 2.45) is 0 Å². The van der Waals surface area contributed by atoms with Gasteiger partial charge in [-0.1, -0.05) is 36.4 Å². The van der Waals surface area contributed by atoms with Gasteiger partial charge in [0, 0.05) is 11.2 Å². The third kappa shape index (κ3) is 2.91. The largest absolute Gasteiger partial charge is 0.339 e. The van der Waals surface area contributed by atoms with E-state index in [1.165, 1.54) is 15.5 Å². The Morgan fingerprint density at radius 3 is 2.54 bits per heavy atom. The molecular weight excluding hydrogens is 376 g/mol. The third-order valence-corrected chi connectivity index (χ3v) is 5.76. The van der Waals surface area contributed by atoms with Gasteiger partial charge in [-0.25, -0.2) is 14.3 Å². The lowest BCUT2D eigenvalue weighted by molar-refractivity contribution is 0.679. The molecule has 4 aromatic rings. The molecule has 0 amide bonds. The summed E-state index contributed by atoms with van der Waals surface area (Å²) in [5, 5.41) is 0. The van der Waals surface area contributed by atoms with E-state index in [0.29, 0.717) is 16.1 Å². The summed E-state index contributed by atoms with van der Waals surface area (Å²) in [6.45, 7) is 1.95. The summed E-state index contributed by atoms with van der Waals surface area (Å²) in [5.74, 6) is 0. The van der Waals surface area contributed by atoms with Crippen LogP contribution < -0.4 is 11.2 Å². The molecule has 2 heterocycles. The van der Waals surface area contributed by atoms with Crippen LogP contribution >= 0.6 is 0 Å². The zero-order chi connectivity index (χ0) is 19.8. The molecule has 4 rings (SSSR count). The number of H-pyrrole nitrogens is 1. The lowest BCUT2D eigenvalue weighted by atomic mass is 10.2. The molecule has 0 radical (unpaired) electrons. The van der Waals surface area contributed by atoms with E-state index in [1.54, 1.807) is 24.5 Å². The van der Waals surface area contributed by atoms with Gasteiger partial charge in [0.05, 0.1) is 29.4 Å². The fraction of sp³-hybridized carbons (Fsp3) is 0.150. The molecule has 0 bridgehead atoms. The molecule has 142 valence electrons. The first-order valence-electron chi connectivity index (χ1n) is 8.65. The second kappa shape index (κ2) is 7.05. The number of hydrogen-bond donors (Lipinski definition) is 1. The average Bonchev–Trinajstić information content (AvgIpc) is 3.17. The number of aromatic nitrogens is 4. The van der Waals surface area contributed by atoms with Crippen molar-refractivity contribution in [3.63, 3.8) is 0 Å². The van der Waals surface area contributed by atoms with Crippen LogP contribution in [0.5, 0.6) is 0 Å². The van der Waals surface area contributed by atoms with E-state index in [1.807, 2.05) is 37.3 Å². The maximum Gasteiger partial charge on any atom is 0.337 e. The fourth-order valence-electron chi connectivity index (χ4n) is 3.33. The monoisotopic (exact) mass is 394 g/mol. The molecule has 0 unspecified atom stereocenters. The van der Waals surface area contributed by atoms with Gasteiger partial charge in [-0.05, 0) is 30.2 Å². The summed E-state index contributed by atoms with van der Waals surface area (Å²) in [6.07, 6.45) is 2.99. The Labute approximate surface area is 162 Å². The molecule has 2 aromatic carbocycles. The Hall–Kier alpha value is -3.26. The number of nitrogens with one attached hydrogen (secondary N) is 1.